The number of nitrogens with one attached hydrogen (secondary N) is 2. The fourth-order valence-electron chi connectivity index (χ4n) is 1.96. The molecule has 0 bridgehead atoms. The first kappa shape index (κ1) is 13.4. The molecule has 1 aromatic heterocycles. The summed E-state index contributed by atoms with van der Waals surface area (Å²) in [6.07, 6.45) is 5.46. The van der Waals surface area contributed by atoms with Gasteiger partial charge in [-0.25, -0.2) is 4.79 Å². The summed E-state index contributed by atoms with van der Waals surface area (Å²) < 4.78 is 1.72. The van der Waals surface area contributed by atoms with Gasteiger partial charge in [0.1, 0.15) is 0 Å². The first-order valence-corrected chi connectivity index (χ1v) is 6.39. The van der Waals surface area contributed by atoms with E-state index in [2.05, 4.69) is 15.7 Å². The lowest BCUT2D eigenvalue weighted by atomic mass is 10.1. The first-order valence-electron chi connectivity index (χ1n) is 6.39. The number of aliphatic carboxylic acids is 1. The molecular weight excluding hydrogens is 248 g/mol. The van der Waals surface area contributed by atoms with Gasteiger partial charge in [-0.1, -0.05) is 0 Å². The van der Waals surface area contributed by atoms with Crippen LogP contribution in [0.25, 0.3) is 0 Å². The molecule has 1 aromatic rings. The topological polar surface area (TPSA) is 96.3 Å². The first-order chi connectivity index (χ1) is 9.15. The maximum absolute atomic E-state index is 11.7. The summed E-state index contributed by atoms with van der Waals surface area (Å²) in [4.78, 5) is 22.4. The number of urea groups is 1. The third-order valence-corrected chi connectivity index (χ3v) is 3.09. The Morgan fingerprint density at radius 3 is 2.84 bits per heavy atom. The van der Waals surface area contributed by atoms with Gasteiger partial charge in [-0.05, 0) is 24.8 Å². The third-order valence-electron chi connectivity index (χ3n) is 3.09. The Morgan fingerprint density at radius 2 is 2.26 bits per heavy atom. The number of carbonyl (C=O) groups excluding carboxylic acids is 1. The van der Waals surface area contributed by atoms with E-state index in [1.54, 1.807) is 10.9 Å². The van der Waals surface area contributed by atoms with Gasteiger partial charge in [-0.15, -0.1) is 0 Å². The van der Waals surface area contributed by atoms with Crippen LogP contribution in [0.5, 0.6) is 0 Å². The molecule has 1 aliphatic carbocycles. The number of hydrogen-bond acceptors (Lipinski definition) is 3. The molecule has 1 heterocycles. The predicted octanol–water partition coefficient (Wildman–Crippen LogP) is 0.436. The fourth-order valence-corrected chi connectivity index (χ4v) is 1.96. The maximum Gasteiger partial charge on any atom is 0.315 e. The molecular formula is C12H18N4O3. The normalized spacial score (nSPS) is 15.8. The molecule has 0 aromatic carbocycles. The standard InChI is InChI=1S/C12H18N4O3/c17-11(18)8-10(9-2-3-9)15-12(19)13-5-7-16-6-1-4-14-16/h1,4,6,9-10H,2-3,5,7-8H2,(H,17,18)(H2,13,15,19). The van der Waals surface area contributed by atoms with E-state index in [-0.39, 0.29) is 18.5 Å². The van der Waals surface area contributed by atoms with Crippen LogP contribution in [0.1, 0.15) is 19.3 Å². The molecule has 1 atom stereocenters. The zero-order valence-corrected chi connectivity index (χ0v) is 10.6. The number of aromatic nitrogens is 2. The average molecular weight is 266 g/mol. The van der Waals surface area contributed by atoms with E-state index in [1.807, 2.05) is 12.3 Å². The summed E-state index contributed by atoms with van der Waals surface area (Å²) >= 11 is 0. The molecule has 0 radical (unpaired) electrons. The summed E-state index contributed by atoms with van der Waals surface area (Å²) in [6.45, 7) is 1.05. The van der Waals surface area contributed by atoms with E-state index >= 15 is 0 Å². The van der Waals surface area contributed by atoms with Gasteiger partial charge < -0.3 is 15.7 Å². The van der Waals surface area contributed by atoms with Crippen LogP contribution in [0, 0.1) is 5.92 Å². The van der Waals surface area contributed by atoms with Crippen molar-refractivity contribution in [2.75, 3.05) is 6.54 Å². The highest BCUT2D eigenvalue weighted by Gasteiger charge is 2.33. The molecule has 2 amide bonds. The molecule has 0 aliphatic heterocycles. The van der Waals surface area contributed by atoms with Crippen molar-refractivity contribution in [1.29, 1.82) is 0 Å². The van der Waals surface area contributed by atoms with Crippen molar-refractivity contribution in [1.82, 2.24) is 20.4 Å². The smallest absolute Gasteiger partial charge is 0.315 e. The second kappa shape index (κ2) is 6.21. The number of carbonyl (C=O) groups is 2. The summed E-state index contributed by atoms with van der Waals surface area (Å²) in [7, 11) is 0. The number of hydrogen-bond donors (Lipinski definition) is 3. The largest absolute Gasteiger partial charge is 0.481 e. The van der Waals surface area contributed by atoms with E-state index in [4.69, 9.17) is 5.11 Å². The summed E-state index contributed by atoms with van der Waals surface area (Å²) in [5.41, 5.74) is 0. The number of carboxylic acids is 1. The number of carboxylic acid groups (broad SMARTS) is 1. The van der Waals surface area contributed by atoms with Crippen LogP contribution in [0.3, 0.4) is 0 Å². The fraction of sp³-hybridized carbons (Fsp3) is 0.583. The number of nitrogens with zero attached hydrogens (tertiary/aromatic N) is 2. The van der Waals surface area contributed by atoms with Gasteiger partial charge in [-0.3, -0.25) is 9.48 Å². The quantitative estimate of drug-likeness (QED) is 0.667. The molecule has 19 heavy (non-hydrogen) atoms. The monoisotopic (exact) mass is 266 g/mol. The van der Waals surface area contributed by atoms with Gasteiger partial charge in [0.2, 0.25) is 0 Å². The lowest BCUT2D eigenvalue weighted by molar-refractivity contribution is -0.137. The molecule has 0 spiro atoms. The SMILES string of the molecule is O=C(O)CC(NC(=O)NCCn1cccn1)C1CC1. The van der Waals surface area contributed by atoms with Gasteiger partial charge in [0, 0.05) is 25.0 Å². The van der Waals surface area contributed by atoms with E-state index in [9.17, 15) is 9.59 Å². The van der Waals surface area contributed by atoms with Gasteiger partial charge >= 0.3 is 12.0 Å². The van der Waals surface area contributed by atoms with Crippen molar-refractivity contribution in [2.24, 2.45) is 5.92 Å². The van der Waals surface area contributed by atoms with E-state index < -0.39 is 5.97 Å². The minimum absolute atomic E-state index is 0.0166. The zero-order valence-electron chi connectivity index (χ0n) is 10.6. The summed E-state index contributed by atoms with van der Waals surface area (Å²) in [6, 6.07) is 1.24. The molecule has 1 aliphatic rings. The molecule has 1 unspecified atom stereocenters. The van der Waals surface area contributed by atoms with Crippen LogP contribution in [0.4, 0.5) is 4.79 Å². The molecule has 0 saturated heterocycles. The number of rotatable bonds is 7. The van der Waals surface area contributed by atoms with Crippen LogP contribution in [0.2, 0.25) is 0 Å². The van der Waals surface area contributed by atoms with Crippen molar-refractivity contribution in [3.05, 3.63) is 18.5 Å². The van der Waals surface area contributed by atoms with Gasteiger partial charge in [0.05, 0.1) is 13.0 Å². The Bertz CT molecular complexity index is 428. The Hall–Kier alpha value is -2.05. The van der Waals surface area contributed by atoms with Crippen molar-refractivity contribution in [3.63, 3.8) is 0 Å². The lowest BCUT2D eigenvalue weighted by Crippen LogP contribution is -2.44. The van der Waals surface area contributed by atoms with Gasteiger partial charge in [0.15, 0.2) is 0 Å². The summed E-state index contributed by atoms with van der Waals surface area (Å²) in [5, 5.41) is 18.2. The third kappa shape index (κ3) is 4.61. The van der Waals surface area contributed by atoms with Crippen molar-refractivity contribution >= 4 is 12.0 Å². The molecule has 1 saturated carbocycles. The Labute approximate surface area is 111 Å². The molecule has 7 heteroatoms. The number of amides is 2. The molecule has 2 rings (SSSR count). The van der Waals surface area contributed by atoms with Crippen LogP contribution in [0.15, 0.2) is 18.5 Å². The van der Waals surface area contributed by atoms with Gasteiger partial charge in [-0.2, -0.15) is 5.10 Å². The van der Waals surface area contributed by atoms with Crippen LogP contribution >= 0.6 is 0 Å². The second-order valence-electron chi connectivity index (χ2n) is 4.71. The minimum Gasteiger partial charge on any atom is -0.481 e. The Morgan fingerprint density at radius 1 is 1.47 bits per heavy atom. The van der Waals surface area contributed by atoms with Crippen molar-refractivity contribution < 1.29 is 14.7 Å². The average Bonchev–Trinajstić information content (AvgIpc) is 3.07. The second-order valence-corrected chi connectivity index (χ2v) is 4.71. The highest BCUT2D eigenvalue weighted by Crippen LogP contribution is 2.33. The van der Waals surface area contributed by atoms with Crippen LogP contribution in [-0.2, 0) is 11.3 Å². The molecule has 7 nitrogen and oxygen atoms in total. The predicted molar refractivity (Wildman–Crippen MR) is 67.5 cm³/mol. The molecule has 1 fully saturated rings. The Balaban J connectivity index is 1.68. The van der Waals surface area contributed by atoms with Crippen LogP contribution < -0.4 is 10.6 Å². The maximum atomic E-state index is 11.7. The van der Waals surface area contributed by atoms with Crippen molar-refractivity contribution in [3.8, 4) is 0 Å². The van der Waals surface area contributed by atoms with E-state index in [0.717, 1.165) is 12.8 Å². The highest BCUT2D eigenvalue weighted by atomic mass is 16.4. The summed E-state index contributed by atoms with van der Waals surface area (Å²) in [5.74, 6) is -0.568. The molecule has 3 N–H and O–H groups in total. The molecule has 104 valence electrons. The highest BCUT2D eigenvalue weighted by molar-refractivity contribution is 5.75. The van der Waals surface area contributed by atoms with Gasteiger partial charge in [0.25, 0.3) is 0 Å². The van der Waals surface area contributed by atoms with Crippen LogP contribution in [-0.4, -0.2) is 39.5 Å². The lowest BCUT2D eigenvalue weighted by Gasteiger charge is -2.16. The van der Waals surface area contributed by atoms with E-state index in [0.29, 0.717) is 19.0 Å². The Kier molecular flexibility index (Phi) is 4.38. The van der Waals surface area contributed by atoms with E-state index in [1.165, 1.54) is 0 Å². The minimum atomic E-state index is -0.881. The van der Waals surface area contributed by atoms with Crippen molar-refractivity contribution in [2.45, 2.75) is 31.8 Å². The zero-order chi connectivity index (χ0) is 13.7.